The van der Waals surface area contributed by atoms with E-state index in [0.717, 1.165) is 5.56 Å². The van der Waals surface area contributed by atoms with E-state index >= 15 is 0 Å². The molecule has 3 aromatic heterocycles. The van der Waals surface area contributed by atoms with Gasteiger partial charge in [0.25, 0.3) is 11.3 Å². The number of benzene rings is 1. The van der Waals surface area contributed by atoms with Crippen molar-refractivity contribution in [2.24, 2.45) is 0 Å². The predicted molar refractivity (Wildman–Crippen MR) is 94.3 cm³/mol. The van der Waals surface area contributed by atoms with Crippen LogP contribution in [0.5, 0.6) is 0 Å². The minimum absolute atomic E-state index is 0.221. The zero-order valence-electron chi connectivity index (χ0n) is 13.6. The lowest BCUT2D eigenvalue weighted by molar-refractivity contribution is 0.178. The number of aryl methyl sites for hydroxylation is 1. The van der Waals surface area contributed by atoms with E-state index < -0.39 is 0 Å². The molecule has 4 rings (SSSR count). The van der Waals surface area contributed by atoms with E-state index in [0.29, 0.717) is 33.2 Å². The Labute approximate surface area is 147 Å². The maximum Gasteiger partial charge on any atom is 0.266 e. The number of nitrogens with zero attached hydrogens (tertiary/aromatic N) is 5. The fourth-order valence-electron chi connectivity index (χ4n) is 2.75. The second kappa shape index (κ2) is 5.94. The summed E-state index contributed by atoms with van der Waals surface area (Å²) in [5, 5.41) is 5.29. The van der Waals surface area contributed by atoms with Crippen LogP contribution in [0.25, 0.3) is 22.4 Å². The largest absolute Gasteiger partial charge is 0.377 e. The molecule has 0 atom stereocenters. The van der Waals surface area contributed by atoms with Crippen molar-refractivity contribution in [2.45, 2.75) is 13.5 Å². The monoisotopic (exact) mass is 355 g/mol. The van der Waals surface area contributed by atoms with Gasteiger partial charge in [0.05, 0.1) is 21.6 Å². The third kappa shape index (κ3) is 2.57. The zero-order chi connectivity index (χ0) is 17.6. The molecule has 25 heavy (non-hydrogen) atoms. The highest BCUT2D eigenvalue weighted by Gasteiger charge is 2.13. The summed E-state index contributed by atoms with van der Waals surface area (Å²) in [4.78, 5) is 21.4. The highest BCUT2D eigenvalue weighted by Crippen LogP contribution is 2.21. The van der Waals surface area contributed by atoms with Gasteiger partial charge in [-0.15, -0.1) is 5.10 Å². The fraction of sp³-hybridized carbons (Fsp3) is 0.176. The second-order valence-electron chi connectivity index (χ2n) is 5.68. The molecule has 0 unspecified atom stereocenters. The summed E-state index contributed by atoms with van der Waals surface area (Å²) >= 11 is 6.30. The minimum Gasteiger partial charge on any atom is -0.377 e. The normalized spacial score (nSPS) is 11.5. The predicted octanol–water partition coefficient (Wildman–Crippen LogP) is 2.54. The molecule has 0 aliphatic rings. The Morgan fingerprint density at radius 3 is 2.88 bits per heavy atom. The lowest BCUT2D eigenvalue weighted by atomic mass is 10.2. The molecule has 7 nitrogen and oxygen atoms in total. The highest BCUT2D eigenvalue weighted by molar-refractivity contribution is 6.32. The van der Waals surface area contributed by atoms with Crippen molar-refractivity contribution in [1.82, 2.24) is 24.1 Å². The first-order valence-electron chi connectivity index (χ1n) is 7.60. The molecule has 0 aliphatic heterocycles. The van der Waals surface area contributed by atoms with Gasteiger partial charge in [0, 0.05) is 19.5 Å². The van der Waals surface area contributed by atoms with E-state index in [9.17, 15) is 4.79 Å². The number of fused-ring (bicyclic) bond motifs is 3. The van der Waals surface area contributed by atoms with Gasteiger partial charge in [-0.1, -0.05) is 17.7 Å². The van der Waals surface area contributed by atoms with E-state index in [4.69, 9.17) is 16.3 Å². The molecule has 0 saturated heterocycles. The summed E-state index contributed by atoms with van der Waals surface area (Å²) in [6.07, 6.45) is 3.19. The van der Waals surface area contributed by atoms with Gasteiger partial charge in [-0.05, 0) is 30.7 Å². The molecule has 0 N–H and O–H groups in total. The van der Waals surface area contributed by atoms with Gasteiger partial charge >= 0.3 is 0 Å². The molecule has 126 valence electrons. The quantitative estimate of drug-likeness (QED) is 0.564. The van der Waals surface area contributed by atoms with Crippen LogP contribution in [0, 0.1) is 6.92 Å². The van der Waals surface area contributed by atoms with Crippen LogP contribution in [0.15, 0.2) is 41.5 Å². The SMILES string of the molecule is COCc1nc2ncc3c(=O)n(-c4ccc(C)cc4Cl)ccc3n2n1. The van der Waals surface area contributed by atoms with Crippen molar-refractivity contribution in [3.05, 3.63) is 63.4 Å². The lowest BCUT2D eigenvalue weighted by Gasteiger charge is -2.10. The maximum absolute atomic E-state index is 12.9. The summed E-state index contributed by atoms with van der Waals surface area (Å²) < 4.78 is 8.10. The van der Waals surface area contributed by atoms with Crippen molar-refractivity contribution < 1.29 is 4.74 Å². The van der Waals surface area contributed by atoms with Gasteiger partial charge in [-0.3, -0.25) is 9.36 Å². The fourth-order valence-corrected chi connectivity index (χ4v) is 3.07. The Kier molecular flexibility index (Phi) is 3.74. The number of rotatable bonds is 3. The third-order valence-electron chi connectivity index (χ3n) is 3.91. The number of pyridine rings is 1. The molecule has 0 fully saturated rings. The van der Waals surface area contributed by atoms with Crippen molar-refractivity contribution in [3.8, 4) is 5.69 Å². The average molecular weight is 356 g/mol. The molecule has 3 heterocycles. The molecule has 0 spiro atoms. The molecule has 8 heteroatoms. The van der Waals surface area contributed by atoms with Crippen LogP contribution in [-0.4, -0.2) is 31.3 Å². The number of aromatic nitrogens is 5. The first-order valence-corrected chi connectivity index (χ1v) is 7.98. The molecule has 0 amide bonds. The second-order valence-corrected chi connectivity index (χ2v) is 6.08. The molecule has 4 aromatic rings. The first kappa shape index (κ1) is 15.7. The maximum atomic E-state index is 12.9. The Balaban J connectivity index is 1.96. The van der Waals surface area contributed by atoms with Crippen molar-refractivity contribution in [1.29, 1.82) is 0 Å². The van der Waals surface area contributed by atoms with E-state index in [-0.39, 0.29) is 12.2 Å². The highest BCUT2D eigenvalue weighted by atomic mass is 35.5. The number of ether oxygens (including phenoxy) is 1. The van der Waals surface area contributed by atoms with Crippen molar-refractivity contribution in [3.63, 3.8) is 0 Å². The van der Waals surface area contributed by atoms with Gasteiger partial charge in [-0.2, -0.15) is 9.50 Å². The third-order valence-corrected chi connectivity index (χ3v) is 4.22. The standard InChI is InChI=1S/C17H14ClN5O2/c1-10-3-4-14(12(18)7-10)22-6-5-13-11(16(22)24)8-19-17-20-15(9-25-2)21-23(13)17/h3-8H,9H2,1-2H3. The van der Waals surface area contributed by atoms with E-state index in [2.05, 4.69) is 15.1 Å². The summed E-state index contributed by atoms with van der Waals surface area (Å²) in [5.74, 6) is 0.929. The van der Waals surface area contributed by atoms with Crippen LogP contribution < -0.4 is 5.56 Å². The number of halogens is 1. The van der Waals surface area contributed by atoms with Gasteiger partial charge in [0.15, 0.2) is 5.82 Å². The van der Waals surface area contributed by atoms with Gasteiger partial charge < -0.3 is 4.74 Å². The zero-order valence-corrected chi connectivity index (χ0v) is 14.4. The van der Waals surface area contributed by atoms with Crippen molar-refractivity contribution >= 4 is 28.3 Å². The van der Waals surface area contributed by atoms with Crippen LogP contribution in [0.2, 0.25) is 5.02 Å². The molecule has 0 saturated carbocycles. The Morgan fingerprint density at radius 1 is 1.28 bits per heavy atom. The van der Waals surface area contributed by atoms with Gasteiger partial charge in [0.1, 0.15) is 6.61 Å². The molecular formula is C17H14ClN5O2. The molecule has 0 aliphatic carbocycles. The summed E-state index contributed by atoms with van der Waals surface area (Å²) in [6.45, 7) is 2.22. The molecule has 1 aromatic carbocycles. The van der Waals surface area contributed by atoms with Crippen molar-refractivity contribution in [2.75, 3.05) is 7.11 Å². The summed E-state index contributed by atoms with van der Waals surface area (Å²) in [6, 6.07) is 7.35. The number of hydrogen-bond donors (Lipinski definition) is 0. The Morgan fingerprint density at radius 2 is 2.12 bits per heavy atom. The minimum atomic E-state index is -0.221. The number of methoxy groups -OCH3 is 1. The van der Waals surface area contributed by atoms with Crippen LogP contribution >= 0.6 is 11.6 Å². The van der Waals surface area contributed by atoms with Crippen LogP contribution in [0.1, 0.15) is 11.4 Å². The summed E-state index contributed by atoms with van der Waals surface area (Å²) in [5.41, 5.74) is 2.06. The van der Waals surface area contributed by atoms with E-state index in [1.54, 1.807) is 23.9 Å². The lowest BCUT2D eigenvalue weighted by Crippen LogP contribution is -2.19. The Bertz CT molecular complexity index is 1170. The topological polar surface area (TPSA) is 74.3 Å². The van der Waals surface area contributed by atoms with Crippen LogP contribution in [-0.2, 0) is 11.3 Å². The van der Waals surface area contributed by atoms with E-state index in [1.165, 1.54) is 10.8 Å². The molecule has 0 bridgehead atoms. The van der Waals surface area contributed by atoms with E-state index in [1.807, 2.05) is 25.1 Å². The van der Waals surface area contributed by atoms with Gasteiger partial charge in [-0.25, -0.2) is 4.98 Å². The summed E-state index contributed by atoms with van der Waals surface area (Å²) in [7, 11) is 1.57. The smallest absolute Gasteiger partial charge is 0.266 e. The number of hydrogen-bond acceptors (Lipinski definition) is 5. The Hall–Kier alpha value is -2.77. The van der Waals surface area contributed by atoms with Crippen LogP contribution in [0.4, 0.5) is 0 Å². The molecule has 0 radical (unpaired) electrons. The first-order chi connectivity index (χ1) is 12.1. The average Bonchev–Trinajstić information content (AvgIpc) is 2.99. The van der Waals surface area contributed by atoms with Gasteiger partial charge in [0.2, 0.25) is 0 Å². The van der Waals surface area contributed by atoms with Crippen LogP contribution in [0.3, 0.4) is 0 Å². The molecular weight excluding hydrogens is 342 g/mol.